The van der Waals surface area contributed by atoms with Gasteiger partial charge in [-0.1, -0.05) is 6.07 Å². The van der Waals surface area contributed by atoms with E-state index in [4.69, 9.17) is 15.2 Å². The molecule has 0 fully saturated rings. The molecule has 0 amide bonds. The van der Waals surface area contributed by atoms with Gasteiger partial charge in [-0.15, -0.1) is 0 Å². The van der Waals surface area contributed by atoms with Gasteiger partial charge in [0, 0.05) is 31.4 Å². The highest BCUT2D eigenvalue weighted by Crippen LogP contribution is 2.32. The van der Waals surface area contributed by atoms with Crippen LogP contribution >= 0.6 is 0 Å². The number of aryl methyl sites for hydroxylation is 1. The molecule has 0 saturated carbocycles. The Hall–Kier alpha value is -2.01. The molecular weight excluding hydrogens is 254 g/mol. The van der Waals surface area contributed by atoms with E-state index in [1.54, 1.807) is 0 Å². The second kappa shape index (κ2) is 5.54. The molecule has 1 aliphatic heterocycles. The minimum atomic E-state index is -0.0986. The topological polar surface area (TPSA) is 62.3 Å². The lowest BCUT2D eigenvalue weighted by Crippen LogP contribution is -2.18. The van der Waals surface area contributed by atoms with Crippen LogP contribution in [0.2, 0.25) is 0 Å². The van der Waals surface area contributed by atoms with E-state index in [1.807, 2.05) is 30.6 Å². The van der Waals surface area contributed by atoms with E-state index < -0.39 is 0 Å². The van der Waals surface area contributed by atoms with Gasteiger partial charge in [0.2, 0.25) is 0 Å². The molecule has 5 nitrogen and oxygen atoms in total. The summed E-state index contributed by atoms with van der Waals surface area (Å²) in [5.41, 5.74) is 7.33. The number of rotatable bonds is 4. The molecule has 20 heavy (non-hydrogen) atoms. The Kier molecular flexibility index (Phi) is 3.60. The van der Waals surface area contributed by atoms with Crippen LogP contribution in [0.3, 0.4) is 0 Å². The lowest BCUT2D eigenvalue weighted by molar-refractivity contribution is 0.171. The fourth-order valence-electron chi connectivity index (χ4n) is 2.42. The normalized spacial score (nSPS) is 15.1. The summed E-state index contributed by atoms with van der Waals surface area (Å²) in [4.78, 5) is 4.37. The molecule has 0 aliphatic carbocycles. The molecule has 2 aromatic rings. The third-order valence-corrected chi connectivity index (χ3v) is 3.54. The molecule has 0 saturated heterocycles. The fourth-order valence-corrected chi connectivity index (χ4v) is 2.42. The number of benzene rings is 1. The van der Waals surface area contributed by atoms with Crippen molar-refractivity contribution in [1.82, 2.24) is 9.55 Å². The molecule has 1 atom stereocenters. The third kappa shape index (κ3) is 2.49. The molecule has 5 heteroatoms. The van der Waals surface area contributed by atoms with Crippen molar-refractivity contribution in [2.45, 2.75) is 25.9 Å². The number of hydrogen-bond donors (Lipinski definition) is 1. The van der Waals surface area contributed by atoms with Crippen molar-refractivity contribution in [3.63, 3.8) is 0 Å². The van der Waals surface area contributed by atoms with Crippen molar-refractivity contribution in [1.29, 1.82) is 0 Å². The quantitative estimate of drug-likeness (QED) is 0.924. The highest BCUT2D eigenvalue weighted by Gasteiger charge is 2.16. The van der Waals surface area contributed by atoms with Gasteiger partial charge in [0.25, 0.3) is 0 Å². The maximum absolute atomic E-state index is 6.29. The van der Waals surface area contributed by atoms with Crippen LogP contribution in [-0.2, 0) is 13.0 Å². The highest BCUT2D eigenvalue weighted by molar-refractivity contribution is 5.44. The van der Waals surface area contributed by atoms with Gasteiger partial charge in [-0.2, -0.15) is 0 Å². The van der Waals surface area contributed by atoms with Gasteiger partial charge in [0.15, 0.2) is 11.5 Å². The molecule has 106 valence electrons. The van der Waals surface area contributed by atoms with Gasteiger partial charge in [0.1, 0.15) is 19.0 Å². The molecule has 0 spiro atoms. The van der Waals surface area contributed by atoms with Crippen LogP contribution in [-0.4, -0.2) is 22.8 Å². The van der Waals surface area contributed by atoms with Crippen LogP contribution in [0.4, 0.5) is 0 Å². The number of fused-ring (bicyclic) bond motifs is 1. The predicted octanol–water partition coefficient (Wildman–Crippen LogP) is 1.92. The van der Waals surface area contributed by atoms with Crippen molar-refractivity contribution in [3.05, 3.63) is 42.0 Å². The van der Waals surface area contributed by atoms with E-state index >= 15 is 0 Å². The number of nitrogens with zero attached hydrogens (tertiary/aromatic N) is 2. The summed E-state index contributed by atoms with van der Waals surface area (Å²) in [6, 6.07) is 5.80. The minimum Gasteiger partial charge on any atom is -0.486 e. The van der Waals surface area contributed by atoms with E-state index in [9.17, 15) is 0 Å². The highest BCUT2D eigenvalue weighted by atomic mass is 16.6. The first-order valence-corrected chi connectivity index (χ1v) is 6.93. The van der Waals surface area contributed by atoms with Gasteiger partial charge in [0.05, 0.1) is 0 Å². The second-order valence-corrected chi connectivity index (χ2v) is 4.84. The zero-order chi connectivity index (χ0) is 13.9. The fraction of sp³-hybridized carbons (Fsp3) is 0.400. The smallest absolute Gasteiger partial charge is 0.161 e. The van der Waals surface area contributed by atoms with Crippen LogP contribution in [0.15, 0.2) is 30.6 Å². The first-order chi connectivity index (χ1) is 9.78. The largest absolute Gasteiger partial charge is 0.486 e. The van der Waals surface area contributed by atoms with Crippen LogP contribution in [0.1, 0.15) is 24.4 Å². The summed E-state index contributed by atoms with van der Waals surface area (Å²) < 4.78 is 13.2. The average molecular weight is 273 g/mol. The van der Waals surface area contributed by atoms with Crippen molar-refractivity contribution in [2.24, 2.45) is 5.73 Å². The Morgan fingerprint density at radius 2 is 2.10 bits per heavy atom. The predicted molar refractivity (Wildman–Crippen MR) is 76.0 cm³/mol. The molecule has 3 rings (SSSR count). The first-order valence-electron chi connectivity index (χ1n) is 6.93. The van der Waals surface area contributed by atoms with E-state index in [2.05, 4.69) is 16.5 Å². The summed E-state index contributed by atoms with van der Waals surface area (Å²) in [5, 5.41) is 0. The van der Waals surface area contributed by atoms with Gasteiger partial charge in [-0.25, -0.2) is 4.98 Å². The van der Waals surface area contributed by atoms with Crippen LogP contribution in [0, 0.1) is 0 Å². The molecule has 1 aromatic carbocycles. The molecular formula is C15H19N3O2. The lowest BCUT2D eigenvalue weighted by Gasteiger charge is -2.20. The molecule has 0 bridgehead atoms. The standard InChI is InChI=1S/C15H19N3O2/c1-2-18-6-5-17-15(18)10-12(16)11-3-4-13-14(9-11)20-8-7-19-13/h3-6,9,12H,2,7-8,10,16H2,1H3. The first kappa shape index (κ1) is 13.0. The zero-order valence-electron chi connectivity index (χ0n) is 11.6. The molecule has 2 N–H and O–H groups in total. The molecule has 1 unspecified atom stereocenters. The van der Waals surface area contributed by atoms with Crippen molar-refractivity contribution in [2.75, 3.05) is 13.2 Å². The van der Waals surface area contributed by atoms with E-state index in [0.717, 1.165) is 29.4 Å². The van der Waals surface area contributed by atoms with Gasteiger partial charge in [-0.05, 0) is 24.6 Å². The average Bonchev–Trinajstić information content (AvgIpc) is 2.94. The lowest BCUT2D eigenvalue weighted by atomic mass is 10.0. The molecule has 1 aliphatic rings. The van der Waals surface area contributed by atoms with E-state index in [1.165, 1.54) is 0 Å². The maximum Gasteiger partial charge on any atom is 0.161 e. The summed E-state index contributed by atoms with van der Waals surface area (Å²) in [5.74, 6) is 2.58. The zero-order valence-corrected chi connectivity index (χ0v) is 11.6. The van der Waals surface area contributed by atoms with Crippen molar-refractivity contribution >= 4 is 0 Å². The van der Waals surface area contributed by atoms with Crippen LogP contribution < -0.4 is 15.2 Å². The SMILES string of the molecule is CCn1ccnc1CC(N)c1ccc2c(c1)OCCO2. The van der Waals surface area contributed by atoms with E-state index in [0.29, 0.717) is 19.6 Å². The second-order valence-electron chi connectivity index (χ2n) is 4.84. The number of ether oxygens (including phenoxy) is 2. The van der Waals surface area contributed by atoms with Crippen LogP contribution in [0.5, 0.6) is 11.5 Å². The number of hydrogen-bond acceptors (Lipinski definition) is 4. The maximum atomic E-state index is 6.29. The van der Waals surface area contributed by atoms with Gasteiger partial charge in [-0.3, -0.25) is 0 Å². The van der Waals surface area contributed by atoms with Crippen molar-refractivity contribution < 1.29 is 9.47 Å². The van der Waals surface area contributed by atoms with Crippen molar-refractivity contribution in [3.8, 4) is 11.5 Å². The minimum absolute atomic E-state index is 0.0986. The Morgan fingerprint density at radius 1 is 1.30 bits per heavy atom. The Bertz CT molecular complexity index is 595. The Balaban J connectivity index is 1.78. The summed E-state index contributed by atoms with van der Waals surface area (Å²) in [6.07, 6.45) is 4.50. The molecule has 2 heterocycles. The molecule has 1 aromatic heterocycles. The van der Waals surface area contributed by atoms with Gasteiger partial charge >= 0.3 is 0 Å². The number of aromatic nitrogens is 2. The third-order valence-electron chi connectivity index (χ3n) is 3.54. The number of imidazole rings is 1. The molecule has 0 radical (unpaired) electrons. The summed E-state index contributed by atoms with van der Waals surface area (Å²) in [6.45, 7) is 4.20. The summed E-state index contributed by atoms with van der Waals surface area (Å²) in [7, 11) is 0. The van der Waals surface area contributed by atoms with Crippen LogP contribution in [0.25, 0.3) is 0 Å². The Labute approximate surface area is 118 Å². The number of nitrogens with two attached hydrogens (primary N) is 1. The van der Waals surface area contributed by atoms with E-state index in [-0.39, 0.29) is 6.04 Å². The van der Waals surface area contributed by atoms with Gasteiger partial charge < -0.3 is 19.8 Å². The summed E-state index contributed by atoms with van der Waals surface area (Å²) >= 11 is 0. The monoisotopic (exact) mass is 273 g/mol. The Morgan fingerprint density at radius 3 is 2.90 bits per heavy atom.